The van der Waals surface area contributed by atoms with Crippen molar-refractivity contribution < 1.29 is 13.5 Å². The van der Waals surface area contributed by atoms with E-state index in [9.17, 15) is 8.42 Å². The van der Waals surface area contributed by atoms with Crippen LogP contribution in [0.4, 0.5) is 0 Å². The van der Waals surface area contributed by atoms with E-state index in [1.54, 1.807) is 0 Å². The molecule has 5 heteroatoms. The van der Waals surface area contributed by atoms with Gasteiger partial charge >= 0.3 is 0 Å². The van der Waals surface area contributed by atoms with Crippen molar-refractivity contribution in [3.05, 3.63) is 0 Å². The first kappa shape index (κ1) is 12.9. The van der Waals surface area contributed by atoms with E-state index in [0.717, 1.165) is 12.8 Å². The van der Waals surface area contributed by atoms with Crippen LogP contribution < -0.4 is 5.14 Å². The maximum Gasteiger partial charge on any atom is 0.209 e. The van der Waals surface area contributed by atoms with Gasteiger partial charge in [0.1, 0.15) is 0 Å². The number of hydrogen-bond donors (Lipinski definition) is 2. The molecule has 0 bridgehead atoms. The monoisotopic (exact) mass is 209 g/mol. The minimum Gasteiger partial charge on any atom is -0.396 e. The van der Waals surface area contributed by atoms with Gasteiger partial charge < -0.3 is 5.11 Å². The lowest BCUT2D eigenvalue weighted by Gasteiger charge is -2.20. The molecule has 0 aliphatic rings. The maximum absolute atomic E-state index is 10.6. The fourth-order valence-corrected chi connectivity index (χ4v) is 1.59. The Bertz CT molecular complexity index is 234. The molecule has 0 atom stereocenters. The van der Waals surface area contributed by atoms with Crippen molar-refractivity contribution in [2.24, 2.45) is 10.6 Å². The van der Waals surface area contributed by atoms with E-state index in [1.807, 2.05) is 13.8 Å². The van der Waals surface area contributed by atoms with Gasteiger partial charge in [0.15, 0.2) is 0 Å². The molecular formula is C8H19NO3S. The van der Waals surface area contributed by atoms with Crippen LogP contribution in [0.1, 0.15) is 33.1 Å². The zero-order valence-corrected chi connectivity index (χ0v) is 9.10. The molecule has 0 radical (unpaired) electrons. The van der Waals surface area contributed by atoms with Crippen molar-refractivity contribution in [3.8, 4) is 0 Å². The summed E-state index contributed by atoms with van der Waals surface area (Å²) in [5.74, 6) is 0.0362. The average molecular weight is 209 g/mol. The predicted octanol–water partition coefficient (Wildman–Crippen LogP) is 0.464. The molecule has 0 aromatic carbocycles. The van der Waals surface area contributed by atoms with Crippen LogP contribution >= 0.6 is 0 Å². The lowest BCUT2D eigenvalue weighted by molar-refractivity contribution is 0.148. The minimum atomic E-state index is -3.31. The van der Waals surface area contributed by atoms with Crippen LogP contribution in [0.15, 0.2) is 0 Å². The molecule has 0 unspecified atom stereocenters. The number of primary sulfonamides is 1. The summed E-state index contributed by atoms with van der Waals surface area (Å²) >= 11 is 0. The first-order valence-corrected chi connectivity index (χ1v) is 6.10. The number of hydrogen-bond acceptors (Lipinski definition) is 3. The molecule has 0 aliphatic heterocycles. The second-order valence-corrected chi connectivity index (χ2v) is 5.88. The fraction of sp³-hybridized carbons (Fsp3) is 1.00. The van der Waals surface area contributed by atoms with Crippen LogP contribution in [0.25, 0.3) is 0 Å². The van der Waals surface area contributed by atoms with Crippen molar-refractivity contribution in [1.82, 2.24) is 0 Å². The van der Waals surface area contributed by atoms with Crippen LogP contribution in [0, 0.1) is 5.41 Å². The van der Waals surface area contributed by atoms with Crippen molar-refractivity contribution in [1.29, 1.82) is 0 Å². The number of aliphatic hydroxyl groups is 1. The minimum absolute atomic E-state index is 0.0362. The standard InChI is InChI=1S/C8H19NO3S/c1-8(2,7-10)5-3-4-6-13(9,11)12/h10H,3-7H2,1-2H3,(H2,9,11,12). The Hall–Kier alpha value is -0.130. The highest BCUT2D eigenvalue weighted by molar-refractivity contribution is 7.89. The molecule has 80 valence electrons. The van der Waals surface area contributed by atoms with Gasteiger partial charge in [0.25, 0.3) is 0 Å². The summed E-state index contributed by atoms with van der Waals surface area (Å²) in [5.41, 5.74) is -0.113. The van der Waals surface area contributed by atoms with E-state index in [2.05, 4.69) is 0 Å². The van der Waals surface area contributed by atoms with Crippen molar-refractivity contribution in [2.45, 2.75) is 33.1 Å². The molecule has 0 heterocycles. The van der Waals surface area contributed by atoms with E-state index in [0.29, 0.717) is 6.42 Å². The van der Waals surface area contributed by atoms with Gasteiger partial charge in [-0.15, -0.1) is 0 Å². The van der Waals surface area contributed by atoms with Crippen molar-refractivity contribution in [2.75, 3.05) is 12.4 Å². The second kappa shape index (κ2) is 4.93. The van der Waals surface area contributed by atoms with Gasteiger partial charge in [-0.25, -0.2) is 13.6 Å². The van der Waals surface area contributed by atoms with Crippen LogP contribution in [0.2, 0.25) is 0 Å². The van der Waals surface area contributed by atoms with E-state index in [-0.39, 0.29) is 17.8 Å². The van der Waals surface area contributed by atoms with Crippen LogP contribution in [0.5, 0.6) is 0 Å². The largest absolute Gasteiger partial charge is 0.396 e. The quantitative estimate of drug-likeness (QED) is 0.624. The fourth-order valence-electron chi connectivity index (χ4n) is 0.986. The summed E-state index contributed by atoms with van der Waals surface area (Å²) in [6.45, 7) is 4.02. The van der Waals surface area contributed by atoms with Gasteiger partial charge in [-0.3, -0.25) is 0 Å². The lowest BCUT2D eigenvalue weighted by Crippen LogP contribution is -2.19. The Kier molecular flexibility index (Phi) is 4.88. The second-order valence-electron chi connectivity index (χ2n) is 4.15. The molecular weight excluding hydrogens is 190 g/mol. The first-order chi connectivity index (χ1) is 5.77. The highest BCUT2D eigenvalue weighted by Gasteiger charge is 2.15. The van der Waals surface area contributed by atoms with E-state index in [1.165, 1.54) is 0 Å². The zero-order chi connectivity index (χ0) is 10.5. The van der Waals surface area contributed by atoms with E-state index < -0.39 is 10.0 Å². The molecule has 0 aliphatic carbocycles. The summed E-state index contributed by atoms with van der Waals surface area (Å²) in [7, 11) is -3.31. The SMILES string of the molecule is CC(C)(CO)CCCCS(N)(=O)=O. The average Bonchev–Trinajstić information content (AvgIpc) is 1.97. The van der Waals surface area contributed by atoms with Gasteiger partial charge in [0, 0.05) is 6.61 Å². The smallest absolute Gasteiger partial charge is 0.209 e. The molecule has 13 heavy (non-hydrogen) atoms. The van der Waals surface area contributed by atoms with Crippen LogP contribution in [-0.2, 0) is 10.0 Å². The molecule has 0 spiro atoms. The topological polar surface area (TPSA) is 80.4 Å². The highest BCUT2D eigenvalue weighted by Crippen LogP contribution is 2.21. The first-order valence-electron chi connectivity index (χ1n) is 4.38. The predicted molar refractivity (Wildman–Crippen MR) is 52.7 cm³/mol. The Balaban J connectivity index is 3.58. The number of sulfonamides is 1. The van der Waals surface area contributed by atoms with Gasteiger partial charge in [0.2, 0.25) is 10.0 Å². The third kappa shape index (κ3) is 8.21. The molecule has 0 amide bonds. The van der Waals surface area contributed by atoms with Gasteiger partial charge in [-0.2, -0.15) is 0 Å². The van der Waals surface area contributed by atoms with E-state index >= 15 is 0 Å². The number of aliphatic hydroxyl groups excluding tert-OH is 1. The molecule has 0 saturated heterocycles. The summed E-state index contributed by atoms with van der Waals surface area (Å²) in [4.78, 5) is 0. The van der Waals surface area contributed by atoms with Crippen LogP contribution in [0.3, 0.4) is 0 Å². The van der Waals surface area contributed by atoms with Crippen molar-refractivity contribution in [3.63, 3.8) is 0 Å². The lowest BCUT2D eigenvalue weighted by atomic mass is 9.88. The van der Waals surface area contributed by atoms with Crippen LogP contribution in [-0.4, -0.2) is 25.9 Å². The maximum atomic E-state index is 10.6. The Morgan fingerprint density at radius 1 is 1.31 bits per heavy atom. The number of unbranched alkanes of at least 4 members (excludes halogenated alkanes) is 1. The molecule has 0 aromatic heterocycles. The Morgan fingerprint density at radius 3 is 2.23 bits per heavy atom. The van der Waals surface area contributed by atoms with Gasteiger partial charge in [-0.1, -0.05) is 20.3 Å². The normalized spacial score (nSPS) is 13.2. The summed E-state index contributed by atoms with van der Waals surface area (Å²) in [6.07, 6.45) is 2.17. The molecule has 4 nitrogen and oxygen atoms in total. The summed E-state index contributed by atoms with van der Waals surface area (Å²) < 4.78 is 21.1. The molecule has 0 fully saturated rings. The summed E-state index contributed by atoms with van der Waals surface area (Å²) in [6, 6.07) is 0. The number of rotatable bonds is 6. The summed E-state index contributed by atoms with van der Waals surface area (Å²) in [5, 5.41) is 13.8. The van der Waals surface area contributed by atoms with E-state index in [4.69, 9.17) is 10.2 Å². The Labute approximate surface area is 80.2 Å². The molecule has 0 aromatic rings. The number of nitrogens with two attached hydrogens (primary N) is 1. The Morgan fingerprint density at radius 2 is 1.85 bits per heavy atom. The molecule has 0 rings (SSSR count). The molecule has 0 saturated carbocycles. The van der Waals surface area contributed by atoms with Gasteiger partial charge in [0.05, 0.1) is 5.75 Å². The third-order valence-corrected chi connectivity index (χ3v) is 2.82. The van der Waals surface area contributed by atoms with Gasteiger partial charge in [-0.05, 0) is 18.3 Å². The zero-order valence-electron chi connectivity index (χ0n) is 8.28. The molecule has 3 N–H and O–H groups in total. The third-order valence-electron chi connectivity index (χ3n) is 1.96. The van der Waals surface area contributed by atoms with Crippen molar-refractivity contribution >= 4 is 10.0 Å². The highest BCUT2D eigenvalue weighted by atomic mass is 32.2.